The fraction of sp³-hybridized carbons (Fsp3) is 0. The third-order valence-corrected chi connectivity index (χ3v) is 8.00. The second-order valence-corrected chi connectivity index (χ2v) is 8.92. The summed E-state index contributed by atoms with van der Waals surface area (Å²) in [6, 6.07) is 17.3. The topological polar surface area (TPSA) is 71.5 Å². The number of anilines is 1. The van der Waals surface area contributed by atoms with Crippen molar-refractivity contribution in [2.45, 2.75) is 9.79 Å². The second-order valence-electron chi connectivity index (χ2n) is 5.15. The van der Waals surface area contributed by atoms with Gasteiger partial charge < -0.3 is 0 Å². The zero-order chi connectivity index (χ0) is 16.2. The Morgan fingerprint density at radius 3 is 2.13 bits per heavy atom. The molecule has 0 aliphatic carbocycles. The molecular weight excluding hydrogens is 334 g/mol. The van der Waals surface area contributed by atoms with Gasteiger partial charge in [-0.05, 0) is 29.7 Å². The van der Waals surface area contributed by atoms with E-state index in [1.807, 2.05) is 0 Å². The first kappa shape index (κ1) is 14.2. The molecule has 0 atom stereocenters. The molecule has 0 bridgehead atoms. The molecule has 116 valence electrons. The summed E-state index contributed by atoms with van der Waals surface area (Å²) >= 11 is 0. The molecule has 1 heterocycles. The molecule has 3 aromatic rings. The largest absolute Gasteiger partial charge is 0.278 e. The van der Waals surface area contributed by atoms with Crippen molar-refractivity contribution in [3.05, 3.63) is 66.7 Å². The average Bonchev–Trinajstić information content (AvgIpc) is 2.78. The van der Waals surface area contributed by atoms with Gasteiger partial charge in [-0.15, -0.1) is 0 Å². The first-order valence-corrected chi connectivity index (χ1v) is 9.69. The lowest BCUT2D eigenvalue weighted by Gasteiger charge is -2.18. The SMILES string of the molecule is O=S(=O)(c1ccccc1)N1c2cccc3cccc(c23)S1(=O)=O. The molecule has 0 aromatic heterocycles. The molecule has 0 amide bonds. The molecule has 0 unspecified atom stereocenters. The van der Waals surface area contributed by atoms with Gasteiger partial charge in [-0.3, -0.25) is 0 Å². The minimum absolute atomic E-state index is 0.0186. The van der Waals surface area contributed by atoms with Crippen LogP contribution in [0.4, 0.5) is 5.69 Å². The Bertz CT molecular complexity index is 1130. The summed E-state index contributed by atoms with van der Waals surface area (Å²) < 4.78 is 52.0. The Kier molecular flexibility index (Phi) is 2.82. The van der Waals surface area contributed by atoms with Crippen LogP contribution in [0.2, 0.25) is 0 Å². The van der Waals surface area contributed by atoms with Gasteiger partial charge in [-0.25, -0.2) is 8.42 Å². The van der Waals surface area contributed by atoms with Crippen LogP contribution in [0, 0.1) is 0 Å². The van der Waals surface area contributed by atoms with Crippen LogP contribution in [0.25, 0.3) is 10.8 Å². The first-order chi connectivity index (χ1) is 10.9. The maximum absolute atomic E-state index is 12.9. The number of benzene rings is 3. The average molecular weight is 345 g/mol. The van der Waals surface area contributed by atoms with E-state index >= 15 is 0 Å². The number of nitrogens with zero attached hydrogens (tertiary/aromatic N) is 1. The summed E-state index contributed by atoms with van der Waals surface area (Å²) in [5, 5.41) is 1.13. The summed E-state index contributed by atoms with van der Waals surface area (Å²) in [6.07, 6.45) is 0. The first-order valence-electron chi connectivity index (χ1n) is 6.81. The van der Waals surface area contributed by atoms with Crippen LogP contribution in [0.5, 0.6) is 0 Å². The van der Waals surface area contributed by atoms with Crippen molar-refractivity contribution in [1.82, 2.24) is 0 Å². The van der Waals surface area contributed by atoms with Crippen molar-refractivity contribution in [3.8, 4) is 0 Å². The highest BCUT2D eigenvalue weighted by molar-refractivity contribution is 8.10. The molecule has 23 heavy (non-hydrogen) atoms. The van der Waals surface area contributed by atoms with Crippen LogP contribution < -0.4 is 3.71 Å². The van der Waals surface area contributed by atoms with E-state index in [1.165, 1.54) is 24.3 Å². The smallest absolute Gasteiger partial charge is 0.200 e. The minimum Gasteiger partial charge on any atom is -0.200 e. The van der Waals surface area contributed by atoms with Crippen LogP contribution in [-0.4, -0.2) is 16.8 Å². The fourth-order valence-electron chi connectivity index (χ4n) is 2.82. The second kappa shape index (κ2) is 4.56. The molecular formula is C16H11NO4S2. The molecule has 7 heteroatoms. The highest BCUT2D eigenvalue weighted by atomic mass is 32.3. The molecule has 0 fully saturated rings. The van der Waals surface area contributed by atoms with Gasteiger partial charge in [-0.2, -0.15) is 12.1 Å². The monoisotopic (exact) mass is 345 g/mol. The van der Waals surface area contributed by atoms with Crippen molar-refractivity contribution in [1.29, 1.82) is 0 Å². The molecule has 0 spiro atoms. The van der Waals surface area contributed by atoms with Gasteiger partial charge in [-0.1, -0.05) is 42.5 Å². The predicted octanol–water partition coefficient (Wildman–Crippen LogP) is 2.74. The Balaban J connectivity index is 2.08. The molecule has 0 saturated carbocycles. The maximum atomic E-state index is 12.9. The van der Waals surface area contributed by atoms with Gasteiger partial charge in [0.2, 0.25) is 0 Å². The van der Waals surface area contributed by atoms with Crippen LogP contribution in [0.1, 0.15) is 0 Å². The van der Waals surface area contributed by atoms with E-state index in [2.05, 4.69) is 0 Å². The van der Waals surface area contributed by atoms with E-state index in [9.17, 15) is 16.8 Å². The highest BCUT2D eigenvalue weighted by Crippen LogP contribution is 2.44. The zero-order valence-corrected chi connectivity index (χ0v) is 13.4. The van der Waals surface area contributed by atoms with Gasteiger partial charge in [0.05, 0.1) is 15.5 Å². The molecule has 5 nitrogen and oxygen atoms in total. The fourth-order valence-corrected chi connectivity index (χ4v) is 6.78. The quantitative estimate of drug-likeness (QED) is 0.716. The van der Waals surface area contributed by atoms with Crippen molar-refractivity contribution >= 4 is 36.5 Å². The normalized spacial score (nSPS) is 15.9. The van der Waals surface area contributed by atoms with E-state index < -0.39 is 20.0 Å². The van der Waals surface area contributed by atoms with E-state index in [0.717, 1.165) is 0 Å². The molecule has 0 saturated heterocycles. The number of rotatable bonds is 2. The van der Waals surface area contributed by atoms with E-state index in [4.69, 9.17) is 0 Å². The van der Waals surface area contributed by atoms with Crippen molar-refractivity contribution < 1.29 is 16.8 Å². The lowest BCUT2D eigenvalue weighted by molar-refractivity contribution is 0.586. The molecule has 0 N–H and O–H groups in total. The minimum atomic E-state index is -4.21. The van der Waals surface area contributed by atoms with Crippen molar-refractivity contribution in [2.24, 2.45) is 0 Å². The van der Waals surface area contributed by atoms with Gasteiger partial charge in [0.15, 0.2) is 0 Å². The van der Waals surface area contributed by atoms with Crippen LogP contribution in [0.15, 0.2) is 76.5 Å². The molecule has 4 rings (SSSR count). The molecule has 0 radical (unpaired) electrons. The Morgan fingerprint density at radius 2 is 1.43 bits per heavy atom. The lowest BCUT2D eigenvalue weighted by Crippen LogP contribution is -2.33. The Morgan fingerprint density at radius 1 is 0.783 bits per heavy atom. The summed E-state index contributed by atoms with van der Waals surface area (Å²) in [6.45, 7) is 0. The van der Waals surface area contributed by atoms with E-state index in [-0.39, 0.29) is 15.5 Å². The number of hydrogen-bond acceptors (Lipinski definition) is 4. The third kappa shape index (κ3) is 1.83. The van der Waals surface area contributed by atoms with Gasteiger partial charge in [0.1, 0.15) is 0 Å². The Labute approximate surface area is 133 Å². The lowest BCUT2D eigenvalue weighted by atomic mass is 10.1. The van der Waals surface area contributed by atoms with Crippen LogP contribution in [0.3, 0.4) is 0 Å². The van der Waals surface area contributed by atoms with Crippen LogP contribution in [-0.2, 0) is 20.0 Å². The zero-order valence-electron chi connectivity index (χ0n) is 11.7. The van der Waals surface area contributed by atoms with Gasteiger partial charge in [0, 0.05) is 5.39 Å². The van der Waals surface area contributed by atoms with Crippen molar-refractivity contribution in [3.63, 3.8) is 0 Å². The summed E-state index contributed by atoms with van der Waals surface area (Å²) in [5.41, 5.74) is 0.168. The van der Waals surface area contributed by atoms with E-state index in [0.29, 0.717) is 14.5 Å². The summed E-state index contributed by atoms with van der Waals surface area (Å²) in [5.74, 6) is 0. The molecule has 1 aliphatic rings. The summed E-state index contributed by atoms with van der Waals surface area (Å²) in [4.78, 5) is -0.0431. The third-order valence-electron chi connectivity index (χ3n) is 3.80. The summed E-state index contributed by atoms with van der Waals surface area (Å²) in [7, 11) is -8.37. The van der Waals surface area contributed by atoms with Crippen molar-refractivity contribution in [2.75, 3.05) is 3.71 Å². The maximum Gasteiger partial charge on any atom is 0.278 e. The molecule has 1 aliphatic heterocycles. The van der Waals surface area contributed by atoms with E-state index in [1.54, 1.807) is 42.5 Å². The predicted molar refractivity (Wildman–Crippen MR) is 87.2 cm³/mol. The van der Waals surface area contributed by atoms with Gasteiger partial charge in [0.25, 0.3) is 20.0 Å². The number of hydrogen-bond donors (Lipinski definition) is 0. The van der Waals surface area contributed by atoms with Crippen LogP contribution >= 0.6 is 0 Å². The van der Waals surface area contributed by atoms with Gasteiger partial charge >= 0.3 is 0 Å². The Hall–Kier alpha value is -2.38. The standard InChI is InChI=1S/C16H11NO4S2/c18-22(19,13-8-2-1-3-9-13)17-14-10-4-6-12-7-5-11-15(16(12)14)23(17,20)21/h1-11H. The number of sulfonamides is 2. The molecule has 3 aromatic carbocycles. The highest BCUT2D eigenvalue weighted by Gasteiger charge is 2.43.